The van der Waals surface area contributed by atoms with Crippen molar-refractivity contribution in [1.82, 2.24) is 0 Å². The van der Waals surface area contributed by atoms with Crippen molar-refractivity contribution in [2.24, 2.45) is 11.8 Å². The molecule has 0 radical (unpaired) electrons. The summed E-state index contributed by atoms with van der Waals surface area (Å²) in [7, 11) is 0. The molecule has 1 unspecified atom stereocenters. The van der Waals surface area contributed by atoms with Crippen molar-refractivity contribution in [2.75, 3.05) is 13.2 Å². The standard InChI is InChI=1S/C49H94O6/c1-6-8-9-10-22-29-34-39-47(50)53-42-46(55-49(52)41-36-31-26-21-17-16-19-24-28-33-38-45(5)7-2)43-54-48(51)40-35-30-25-20-15-13-11-12-14-18-23-27-32-37-44(3)4/h44-46H,6-43H2,1-5H3/t45?,46-/m1/s1. The quantitative estimate of drug-likeness (QED) is 0.0348. The molecule has 0 N–H and O–H groups in total. The van der Waals surface area contributed by atoms with E-state index < -0.39 is 6.10 Å². The molecule has 0 amide bonds. The first-order valence-electron chi connectivity index (χ1n) is 24.3. The van der Waals surface area contributed by atoms with E-state index in [0.717, 1.165) is 69.6 Å². The van der Waals surface area contributed by atoms with Crippen LogP contribution in [0.3, 0.4) is 0 Å². The van der Waals surface area contributed by atoms with E-state index in [2.05, 4.69) is 34.6 Å². The van der Waals surface area contributed by atoms with Crippen LogP contribution in [-0.4, -0.2) is 37.2 Å². The van der Waals surface area contributed by atoms with E-state index in [0.29, 0.717) is 19.3 Å². The number of carbonyl (C=O) groups excluding carboxylic acids is 3. The second-order valence-electron chi connectivity index (χ2n) is 17.5. The minimum absolute atomic E-state index is 0.0646. The normalized spacial score (nSPS) is 12.5. The SMILES string of the molecule is CCCCCCCCCC(=O)OC[C@H](COC(=O)CCCCCCCCCCCCCCCC(C)C)OC(=O)CCCCCCCCCCCCC(C)CC. The van der Waals surface area contributed by atoms with E-state index >= 15 is 0 Å². The van der Waals surface area contributed by atoms with E-state index in [1.807, 2.05) is 0 Å². The molecule has 326 valence electrons. The van der Waals surface area contributed by atoms with Crippen molar-refractivity contribution in [3.8, 4) is 0 Å². The highest BCUT2D eigenvalue weighted by atomic mass is 16.6. The Kier molecular flexibility index (Phi) is 40.8. The molecule has 0 aromatic rings. The smallest absolute Gasteiger partial charge is 0.306 e. The first-order chi connectivity index (χ1) is 26.8. The van der Waals surface area contributed by atoms with Gasteiger partial charge in [-0.1, -0.05) is 227 Å². The Bertz CT molecular complexity index is 841. The molecule has 0 rings (SSSR count). The summed E-state index contributed by atoms with van der Waals surface area (Å²) in [6.45, 7) is 11.3. The molecule has 0 fully saturated rings. The summed E-state index contributed by atoms with van der Waals surface area (Å²) in [5, 5.41) is 0. The third kappa shape index (κ3) is 41.9. The van der Waals surface area contributed by atoms with Crippen molar-refractivity contribution >= 4 is 17.9 Å². The molecule has 0 saturated carbocycles. The van der Waals surface area contributed by atoms with Crippen LogP contribution in [0.1, 0.15) is 266 Å². The summed E-state index contributed by atoms with van der Waals surface area (Å²) in [4.78, 5) is 37.7. The van der Waals surface area contributed by atoms with Crippen molar-refractivity contribution in [3.63, 3.8) is 0 Å². The van der Waals surface area contributed by atoms with E-state index in [1.165, 1.54) is 154 Å². The predicted octanol–water partition coefficient (Wildman–Crippen LogP) is 15.4. The molecule has 55 heavy (non-hydrogen) atoms. The van der Waals surface area contributed by atoms with Gasteiger partial charge in [-0.2, -0.15) is 0 Å². The number of hydrogen-bond acceptors (Lipinski definition) is 6. The summed E-state index contributed by atoms with van der Waals surface area (Å²) >= 11 is 0. The maximum atomic E-state index is 12.7. The van der Waals surface area contributed by atoms with Crippen LogP contribution in [0.25, 0.3) is 0 Å². The summed E-state index contributed by atoms with van der Waals surface area (Å²) in [5.41, 5.74) is 0. The van der Waals surface area contributed by atoms with Gasteiger partial charge < -0.3 is 14.2 Å². The highest BCUT2D eigenvalue weighted by Gasteiger charge is 2.19. The molecule has 0 spiro atoms. The topological polar surface area (TPSA) is 78.9 Å². The lowest BCUT2D eigenvalue weighted by Gasteiger charge is -2.18. The predicted molar refractivity (Wildman–Crippen MR) is 233 cm³/mol. The van der Waals surface area contributed by atoms with Crippen LogP contribution in [0.5, 0.6) is 0 Å². The Balaban J connectivity index is 4.24. The molecule has 0 aliphatic heterocycles. The van der Waals surface area contributed by atoms with Crippen molar-refractivity contribution < 1.29 is 28.6 Å². The van der Waals surface area contributed by atoms with Crippen LogP contribution in [0.2, 0.25) is 0 Å². The Labute approximate surface area is 342 Å². The van der Waals surface area contributed by atoms with E-state index in [9.17, 15) is 14.4 Å². The maximum Gasteiger partial charge on any atom is 0.306 e. The molecule has 0 bridgehead atoms. The molecule has 0 aromatic heterocycles. The molecule has 0 aliphatic rings. The Hall–Kier alpha value is -1.59. The van der Waals surface area contributed by atoms with Gasteiger partial charge in [0.2, 0.25) is 0 Å². The van der Waals surface area contributed by atoms with Gasteiger partial charge in [0, 0.05) is 19.3 Å². The van der Waals surface area contributed by atoms with Gasteiger partial charge in [-0.25, -0.2) is 0 Å². The fourth-order valence-corrected chi connectivity index (χ4v) is 7.25. The number of esters is 3. The largest absolute Gasteiger partial charge is 0.462 e. The fourth-order valence-electron chi connectivity index (χ4n) is 7.25. The number of rotatable bonds is 43. The number of ether oxygens (including phenoxy) is 3. The monoisotopic (exact) mass is 779 g/mol. The number of unbranched alkanes of at least 4 members (excludes halogenated alkanes) is 27. The van der Waals surface area contributed by atoms with Crippen LogP contribution in [0.4, 0.5) is 0 Å². The number of carbonyl (C=O) groups is 3. The highest BCUT2D eigenvalue weighted by Crippen LogP contribution is 2.17. The zero-order valence-electron chi connectivity index (χ0n) is 37.6. The van der Waals surface area contributed by atoms with Crippen LogP contribution in [0, 0.1) is 11.8 Å². The minimum atomic E-state index is -0.760. The third-order valence-electron chi connectivity index (χ3n) is 11.3. The average Bonchev–Trinajstić information content (AvgIpc) is 3.17. The number of hydrogen-bond donors (Lipinski definition) is 0. The van der Waals surface area contributed by atoms with Crippen LogP contribution in [0.15, 0.2) is 0 Å². The van der Waals surface area contributed by atoms with Gasteiger partial charge in [-0.3, -0.25) is 14.4 Å². The second kappa shape index (κ2) is 42.0. The molecule has 6 nitrogen and oxygen atoms in total. The highest BCUT2D eigenvalue weighted by molar-refractivity contribution is 5.71. The van der Waals surface area contributed by atoms with Crippen molar-refractivity contribution in [1.29, 1.82) is 0 Å². The second-order valence-corrected chi connectivity index (χ2v) is 17.5. The first kappa shape index (κ1) is 53.4. The van der Waals surface area contributed by atoms with Gasteiger partial charge in [0.1, 0.15) is 13.2 Å². The Morgan fingerprint density at radius 1 is 0.382 bits per heavy atom. The molecule has 0 aromatic carbocycles. The van der Waals surface area contributed by atoms with E-state index in [-0.39, 0.29) is 31.1 Å². The van der Waals surface area contributed by atoms with Crippen LogP contribution in [-0.2, 0) is 28.6 Å². The summed E-state index contributed by atoms with van der Waals surface area (Å²) in [6.07, 6.45) is 40.9. The van der Waals surface area contributed by atoms with Gasteiger partial charge in [-0.05, 0) is 31.1 Å². The molecule has 2 atom stereocenters. The van der Waals surface area contributed by atoms with Crippen LogP contribution < -0.4 is 0 Å². The molecular formula is C49H94O6. The van der Waals surface area contributed by atoms with Gasteiger partial charge in [0.25, 0.3) is 0 Å². The van der Waals surface area contributed by atoms with Gasteiger partial charge in [0.05, 0.1) is 0 Å². The van der Waals surface area contributed by atoms with Crippen molar-refractivity contribution in [3.05, 3.63) is 0 Å². The summed E-state index contributed by atoms with van der Waals surface area (Å²) in [6, 6.07) is 0. The summed E-state index contributed by atoms with van der Waals surface area (Å²) in [5.74, 6) is 0.848. The van der Waals surface area contributed by atoms with Gasteiger partial charge >= 0.3 is 17.9 Å². The lowest BCUT2D eigenvalue weighted by atomic mass is 9.99. The lowest BCUT2D eigenvalue weighted by molar-refractivity contribution is -0.167. The van der Waals surface area contributed by atoms with Crippen molar-refractivity contribution in [2.45, 2.75) is 272 Å². The van der Waals surface area contributed by atoms with Crippen LogP contribution >= 0.6 is 0 Å². The minimum Gasteiger partial charge on any atom is -0.462 e. The molecular weight excluding hydrogens is 685 g/mol. The van der Waals surface area contributed by atoms with Gasteiger partial charge in [0.15, 0.2) is 6.10 Å². The zero-order valence-corrected chi connectivity index (χ0v) is 37.6. The summed E-state index contributed by atoms with van der Waals surface area (Å²) < 4.78 is 16.7. The Morgan fingerprint density at radius 2 is 0.691 bits per heavy atom. The maximum absolute atomic E-state index is 12.7. The first-order valence-corrected chi connectivity index (χ1v) is 24.3. The molecule has 0 aliphatic carbocycles. The van der Waals surface area contributed by atoms with E-state index in [4.69, 9.17) is 14.2 Å². The third-order valence-corrected chi connectivity index (χ3v) is 11.3. The average molecular weight is 779 g/mol. The lowest BCUT2D eigenvalue weighted by Crippen LogP contribution is -2.30. The van der Waals surface area contributed by atoms with E-state index in [1.54, 1.807) is 0 Å². The molecule has 6 heteroatoms. The molecule has 0 saturated heterocycles. The Morgan fingerprint density at radius 3 is 1.04 bits per heavy atom. The fraction of sp³-hybridized carbons (Fsp3) is 0.939. The molecule has 0 heterocycles. The van der Waals surface area contributed by atoms with Gasteiger partial charge in [-0.15, -0.1) is 0 Å². The zero-order chi connectivity index (χ0) is 40.5.